The van der Waals surface area contributed by atoms with E-state index in [4.69, 9.17) is 0 Å². The van der Waals surface area contributed by atoms with Crippen LogP contribution in [0.3, 0.4) is 0 Å². The molecule has 2 atom stereocenters. The maximum Gasteiger partial charge on any atom is 0.393 e. The highest BCUT2D eigenvalue weighted by molar-refractivity contribution is 4.81. The number of halogens is 3. The summed E-state index contributed by atoms with van der Waals surface area (Å²) < 4.78 is 37.4. The third-order valence-corrected chi connectivity index (χ3v) is 3.89. The fourth-order valence-corrected chi connectivity index (χ4v) is 2.61. The van der Waals surface area contributed by atoms with E-state index in [1.165, 1.54) is 32.1 Å². The molecule has 1 saturated heterocycles. The van der Waals surface area contributed by atoms with Crippen LogP contribution in [-0.4, -0.2) is 18.8 Å². The van der Waals surface area contributed by atoms with Crippen LogP contribution in [0.15, 0.2) is 0 Å². The molecule has 1 rings (SSSR count). The van der Waals surface area contributed by atoms with Crippen molar-refractivity contribution < 1.29 is 13.2 Å². The third kappa shape index (κ3) is 6.07. The van der Waals surface area contributed by atoms with Crippen molar-refractivity contribution in [2.75, 3.05) is 6.54 Å². The first-order chi connectivity index (χ1) is 8.54. The molecule has 1 N–H and O–H groups in total. The predicted octanol–water partition coefficient (Wildman–Crippen LogP) is 4.67. The van der Waals surface area contributed by atoms with Gasteiger partial charge in [-0.15, -0.1) is 0 Å². The van der Waals surface area contributed by atoms with Gasteiger partial charge in [-0.05, 0) is 19.3 Å². The van der Waals surface area contributed by atoms with E-state index in [1.54, 1.807) is 0 Å². The lowest BCUT2D eigenvalue weighted by molar-refractivity contribution is -0.179. The molecular formula is C14H26F3N. The van der Waals surface area contributed by atoms with E-state index in [9.17, 15) is 13.2 Å². The quantitative estimate of drug-likeness (QED) is 0.660. The second kappa shape index (κ2) is 8.03. The van der Waals surface area contributed by atoms with Crippen LogP contribution in [0.2, 0.25) is 0 Å². The van der Waals surface area contributed by atoms with Crippen molar-refractivity contribution in [3.8, 4) is 0 Å². The highest BCUT2D eigenvalue weighted by Crippen LogP contribution is 2.32. The Kier molecular flexibility index (Phi) is 7.05. The Hall–Kier alpha value is -0.250. The van der Waals surface area contributed by atoms with Crippen LogP contribution < -0.4 is 5.32 Å². The smallest absolute Gasteiger partial charge is 0.313 e. The molecule has 0 saturated carbocycles. The number of unbranched alkanes of at least 4 members (excludes halogenated alkanes) is 5. The van der Waals surface area contributed by atoms with Crippen LogP contribution in [0.4, 0.5) is 13.2 Å². The Bertz CT molecular complexity index is 208. The summed E-state index contributed by atoms with van der Waals surface area (Å²) in [5, 5.41) is 3.06. The molecule has 0 spiro atoms. The van der Waals surface area contributed by atoms with Crippen molar-refractivity contribution in [2.45, 2.75) is 76.9 Å². The minimum atomic E-state index is -4.02. The number of rotatable bonds is 7. The average Bonchev–Trinajstić information content (AvgIpc) is 2.33. The molecule has 2 unspecified atom stereocenters. The fraction of sp³-hybridized carbons (Fsp3) is 1.00. The summed E-state index contributed by atoms with van der Waals surface area (Å²) in [5.74, 6) is -1.13. The Morgan fingerprint density at radius 3 is 2.22 bits per heavy atom. The van der Waals surface area contributed by atoms with Crippen LogP contribution in [0.25, 0.3) is 0 Å². The van der Waals surface area contributed by atoms with Gasteiger partial charge in [0.05, 0.1) is 5.92 Å². The second-order valence-corrected chi connectivity index (χ2v) is 5.48. The first-order valence-corrected chi connectivity index (χ1v) is 7.34. The van der Waals surface area contributed by atoms with E-state index in [-0.39, 0.29) is 6.54 Å². The molecular weight excluding hydrogens is 239 g/mol. The first kappa shape index (κ1) is 15.8. The van der Waals surface area contributed by atoms with Gasteiger partial charge in [-0.25, -0.2) is 0 Å². The predicted molar refractivity (Wildman–Crippen MR) is 68.6 cm³/mol. The van der Waals surface area contributed by atoms with Crippen molar-refractivity contribution in [3.63, 3.8) is 0 Å². The summed E-state index contributed by atoms with van der Waals surface area (Å²) >= 11 is 0. The molecule has 1 fully saturated rings. The van der Waals surface area contributed by atoms with Gasteiger partial charge in [-0.1, -0.05) is 45.4 Å². The Balaban J connectivity index is 2.02. The summed E-state index contributed by atoms with van der Waals surface area (Å²) in [5.41, 5.74) is 0. The number of alkyl halides is 3. The fourth-order valence-electron chi connectivity index (χ4n) is 2.61. The molecule has 0 amide bonds. The lowest BCUT2D eigenvalue weighted by Gasteiger charge is -2.31. The molecule has 1 heterocycles. The molecule has 108 valence electrons. The molecule has 1 aliphatic heterocycles. The number of hydrogen-bond donors (Lipinski definition) is 1. The van der Waals surface area contributed by atoms with Gasteiger partial charge in [0.2, 0.25) is 0 Å². The van der Waals surface area contributed by atoms with Crippen LogP contribution in [0, 0.1) is 5.92 Å². The van der Waals surface area contributed by atoms with Gasteiger partial charge in [0.25, 0.3) is 0 Å². The SMILES string of the molecule is CCCCCCCCC1CCC(C(F)(F)F)CN1. The molecule has 0 aromatic carbocycles. The van der Waals surface area contributed by atoms with E-state index >= 15 is 0 Å². The van der Waals surface area contributed by atoms with Crippen LogP contribution in [0.1, 0.15) is 64.7 Å². The van der Waals surface area contributed by atoms with E-state index < -0.39 is 12.1 Å². The molecule has 0 aromatic rings. The van der Waals surface area contributed by atoms with Crippen LogP contribution in [-0.2, 0) is 0 Å². The van der Waals surface area contributed by atoms with Crippen molar-refractivity contribution in [3.05, 3.63) is 0 Å². The summed E-state index contributed by atoms with van der Waals surface area (Å²) in [4.78, 5) is 0. The number of nitrogens with one attached hydrogen (secondary N) is 1. The summed E-state index contributed by atoms with van der Waals surface area (Å²) in [6, 6.07) is 0.315. The average molecular weight is 265 g/mol. The zero-order chi connectivity index (χ0) is 13.4. The largest absolute Gasteiger partial charge is 0.393 e. The topological polar surface area (TPSA) is 12.0 Å². The molecule has 0 aliphatic carbocycles. The van der Waals surface area contributed by atoms with Crippen molar-refractivity contribution in [1.82, 2.24) is 5.32 Å². The maximum absolute atomic E-state index is 12.5. The zero-order valence-electron chi connectivity index (χ0n) is 11.4. The van der Waals surface area contributed by atoms with Crippen molar-refractivity contribution >= 4 is 0 Å². The lowest BCUT2D eigenvalue weighted by Crippen LogP contribution is -2.44. The molecule has 18 heavy (non-hydrogen) atoms. The van der Waals surface area contributed by atoms with Crippen LogP contribution in [0.5, 0.6) is 0 Å². The van der Waals surface area contributed by atoms with Crippen LogP contribution >= 0.6 is 0 Å². The zero-order valence-corrected chi connectivity index (χ0v) is 11.4. The van der Waals surface area contributed by atoms with Gasteiger partial charge in [0, 0.05) is 12.6 Å². The number of piperidine rings is 1. The van der Waals surface area contributed by atoms with E-state index in [0.29, 0.717) is 18.9 Å². The minimum absolute atomic E-state index is 0.115. The molecule has 0 aromatic heterocycles. The van der Waals surface area contributed by atoms with Gasteiger partial charge >= 0.3 is 6.18 Å². The summed E-state index contributed by atoms with van der Waals surface area (Å²) in [6.07, 6.45) is 5.50. The second-order valence-electron chi connectivity index (χ2n) is 5.48. The van der Waals surface area contributed by atoms with Gasteiger partial charge in [0.1, 0.15) is 0 Å². The van der Waals surface area contributed by atoms with E-state index in [2.05, 4.69) is 12.2 Å². The summed E-state index contributed by atoms with van der Waals surface area (Å²) in [7, 11) is 0. The summed E-state index contributed by atoms with van der Waals surface area (Å²) in [6.45, 7) is 2.31. The lowest BCUT2D eigenvalue weighted by atomic mass is 9.91. The maximum atomic E-state index is 12.5. The Morgan fingerprint density at radius 1 is 1.00 bits per heavy atom. The Labute approximate surface area is 109 Å². The molecule has 1 nitrogen and oxygen atoms in total. The monoisotopic (exact) mass is 265 g/mol. The highest BCUT2D eigenvalue weighted by atomic mass is 19.4. The van der Waals surface area contributed by atoms with Crippen molar-refractivity contribution in [1.29, 1.82) is 0 Å². The van der Waals surface area contributed by atoms with Gasteiger partial charge in [0.15, 0.2) is 0 Å². The molecule has 4 heteroatoms. The third-order valence-electron chi connectivity index (χ3n) is 3.89. The highest BCUT2D eigenvalue weighted by Gasteiger charge is 2.41. The Morgan fingerprint density at radius 2 is 1.67 bits per heavy atom. The number of hydrogen-bond acceptors (Lipinski definition) is 1. The van der Waals surface area contributed by atoms with Gasteiger partial charge in [-0.2, -0.15) is 13.2 Å². The standard InChI is InChI=1S/C14H26F3N/c1-2-3-4-5-6-7-8-13-10-9-12(11-18-13)14(15,16)17/h12-13,18H,2-11H2,1H3. The molecule has 0 bridgehead atoms. The van der Waals surface area contributed by atoms with Gasteiger partial charge in [-0.3, -0.25) is 0 Å². The minimum Gasteiger partial charge on any atom is -0.313 e. The van der Waals surface area contributed by atoms with Gasteiger partial charge < -0.3 is 5.32 Å². The van der Waals surface area contributed by atoms with Crippen molar-refractivity contribution in [2.24, 2.45) is 5.92 Å². The molecule has 0 radical (unpaired) electrons. The van der Waals surface area contributed by atoms with E-state index in [0.717, 1.165) is 12.8 Å². The van der Waals surface area contributed by atoms with E-state index in [1.807, 2.05) is 0 Å². The normalized spacial score (nSPS) is 25.3. The molecule has 1 aliphatic rings. The first-order valence-electron chi connectivity index (χ1n) is 7.34.